The summed E-state index contributed by atoms with van der Waals surface area (Å²) in [6, 6.07) is 1.91. The van der Waals surface area contributed by atoms with E-state index in [0.29, 0.717) is 0 Å². The van der Waals surface area contributed by atoms with Crippen LogP contribution < -0.4 is 0 Å². The minimum Gasteiger partial charge on any atom is -0.419 e. The van der Waals surface area contributed by atoms with Gasteiger partial charge in [-0.3, -0.25) is 0 Å². The maximum atomic E-state index is 12.8. The molecule has 1 aromatic carbocycles. The van der Waals surface area contributed by atoms with Crippen molar-refractivity contribution in [1.29, 1.82) is 0 Å². The van der Waals surface area contributed by atoms with E-state index in [2.05, 4.69) is 0 Å². The summed E-state index contributed by atoms with van der Waals surface area (Å²) in [4.78, 5) is 23.7. The van der Waals surface area contributed by atoms with Gasteiger partial charge < -0.3 is 9.47 Å². The summed E-state index contributed by atoms with van der Waals surface area (Å²) in [5.74, 6) is -3.26. The van der Waals surface area contributed by atoms with Crippen LogP contribution >= 0.6 is 11.6 Å². The number of carbonyl (C=O) groups is 2. The van der Waals surface area contributed by atoms with E-state index in [1.807, 2.05) is 0 Å². The van der Waals surface area contributed by atoms with Gasteiger partial charge in [-0.15, -0.1) is 0 Å². The zero-order valence-electron chi connectivity index (χ0n) is 12.4. The van der Waals surface area contributed by atoms with Gasteiger partial charge in [-0.1, -0.05) is 17.7 Å². The first-order chi connectivity index (χ1) is 10.4. The molecule has 1 saturated heterocycles. The second-order valence-electron chi connectivity index (χ2n) is 5.38. The molecule has 8 heteroatoms. The van der Waals surface area contributed by atoms with Crippen LogP contribution in [0, 0.1) is 6.92 Å². The topological polar surface area (TPSA) is 52.6 Å². The van der Waals surface area contributed by atoms with Gasteiger partial charge in [-0.2, -0.15) is 13.2 Å². The highest BCUT2D eigenvalue weighted by molar-refractivity contribution is 6.33. The van der Waals surface area contributed by atoms with E-state index >= 15 is 0 Å². The molecule has 0 radical (unpaired) electrons. The summed E-state index contributed by atoms with van der Waals surface area (Å²) in [5, 5.41) is -0.210. The number of halogens is 4. The predicted molar refractivity (Wildman–Crippen MR) is 75.4 cm³/mol. The van der Waals surface area contributed by atoms with Crippen LogP contribution in [0.1, 0.15) is 30.5 Å². The highest BCUT2D eigenvalue weighted by Crippen LogP contribution is 2.37. The average Bonchev–Trinajstić information content (AvgIpc) is 2.35. The first-order valence-corrected chi connectivity index (χ1v) is 6.85. The maximum Gasteiger partial charge on any atom is 0.416 e. The van der Waals surface area contributed by atoms with Crippen LogP contribution in [0.15, 0.2) is 17.7 Å². The molecular weight excluding hydrogens is 337 g/mol. The highest BCUT2D eigenvalue weighted by Gasteiger charge is 2.39. The van der Waals surface area contributed by atoms with E-state index < -0.39 is 35.0 Å². The lowest BCUT2D eigenvalue weighted by atomic mass is 10.0. The number of alkyl halides is 3. The first-order valence-electron chi connectivity index (χ1n) is 6.47. The molecule has 0 aliphatic carbocycles. The second-order valence-corrected chi connectivity index (χ2v) is 5.75. The van der Waals surface area contributed by atoms with Crippen LogP contribution in [0.2, 0.25) is 5.02 Å². The zero-order valence-corrected chi connectivity index (χ0v) is 13.1. The lowest BCUT2D eigenvalue weighted by Gasteiger charge is -2.29. The fourth-order valence-electron chi connectivity index (χ4n) is 2.06. The van der Waals surface area contributed by atoms with Gasteiger partial charge >= 0.3 is 18.1 Å². The molecule has 0 spiro atoms. The second kappa shape index (κ2) is 5.56. The maximum absolute atomic E-state index is 12.8. The molecule has 0 bridgehead atoms. The summed E-state index contributed by atoms with van der Waals surface area (Å²) in [6.07, 6.45) is -3.50. The Morgan fingerprint density at radius 1 is 1.13 bits per heavy atom. The minimum absolute atomic E-state index is 0.0840. The fourth-order valence-corrected chi connectivity index (χ4v) is 2.28. The molecule has 23 heavy (non-hydrogen) atoms. The van der Waals surface area contributed by atoms with Crippen LogP contribution in [0.5, 0.6) is 0 Å². The molecule has 1 heterocycles. The predicted octanol–water partition coefficient (Wildman–Crippen LogP) is 3.89. The summed E-state index contributed by atoms with van der Waals surface area (Å²) >= 11 is 5.93. The number of benzene rings is 1. The Labute approximate surface area is 134 Å². The monoisotopic (exact) mass is 348 g/mol. The molecule has 1 aliphatic heterocycles. The zero-order chi connectivity index (χ0) is 17.6. The molecule has 0 aromatic heterocycles. The third-order valence-corrected chi connectivity index (χ3v) is 3.64. The quantitative estimate of drug-likeness (QED) is 0.439. The number of cyclic esters (lactones) is 2. The van der Waals surface area contributed by atoms with Crippen molar-refractivity contribution in [2.24, 2.45) is 0 Å². The highest BCUT2D eigenvalue weighted by atomic mass is 35.5. The Morgan fingerprint density at radius 2 is 1.65 bits per heavy atom. The molecule has 0 N–H and O–H groups in total. The number of ether oxygens (including phenoxy) is 2. The summed E-state index contributed by atoms with van der Waals surface area (Å²) < 4.78 is 48.2. The van der Waals surface area contributed by atoms with Crippen molar-refractivity contribution < 1.29 is 32.2 Å². The van der Waals surface area contributed by atoms with Gasteiger partial charge in [0.1, 0.15) is 5.57 Å². The molecule has 2 rings (SSSR count). The van der Waals surface area contributed by atoms with Crippen LogP contribution in [0.4, 0.5) is 13.2 Å². The average molecular weight is 349 g/mol. The van der Waals surface area contributed by atoms with Gasteiger partial charge in [-0.05, 0) is 30.2 Å². The smallest absolute Gasteiger partial charge is 0.416 e. The molecular formula is C15H12ClF3O4. The van der Waals surface area contributed by atoms with E-state index in [0.717, 1.165) is 18.2 Å². The first kappa shape index (κ1) is 17.3. The largest absolute Gasteiger partial charge is 0.419 e. The summed E-state index contributed by atoms with van der Waals surface area (Å²) in [7, 11) is 0. The van der Waals surface area contributed by atoms with Crippen molar-refractivity contribution in [3.05, 3.63) is 39.4 Å². The molecule has 0 amide bonds. The van der Waals surface area contributed by atoms with Crippen molar-refractivity contribution >= 4 is 29.6 Å². The molecule has 124 valence electrons. The number of hydrogen-bond acceptors (Lipinski definition) is 4. The SMILES string of the molecule is Cc1c(C(F)(F)F)ccc(C=C2C(=O)OC(C)(C)OC2=O)c1Cl. The van der Waals surface area contributed by atoms with E-state index in [9.17, 15) is 22.8 Å². The number of hydrogen-bond donors (Lipinski definition) is 0. The molecule has 1 fully saturated rings. The molecule has 0 saturated carbocycles. The molecule has 0 atom stereocenters. The Bertz CT molecular complexity index is 698. The van der Waals surface area contributed by atoms with E-state index in [4.69, 9.17) is 21.1 Å². The lowest BCUT2D eigenvalue weighted by molar-refractivity contribution is -0.222. The van der Waals surface area contributed by atoms with E-state index in [1.54, 1.807) is 0 Å². The Morgan fingerprint density at radius 3 is 2.13 bits per heavy atom. The van der Waals surface area contributed by atoms with Gasteiger partial charge in [0.25, 0.3) is 5.79 Å². The molecule has 1 aliphatic rings. The van der Waals surface area contributed by atoms with Gasteiger partial charge in [0.15, 0.2) is 0 Å². The van der Waals surface area contributed by atoms with E-state index in [-0.39, 0.29) is 16.1 Å². The number of rotatable bonds is 1. The van der Waals surface area contributed by atoms with Crippen molar-refractivity contribution in [2.75, 3.05) is 0 Å². The third kappa shape index (κ3) is 3.50. The van der Waals surface area contributed by atoms with Crippen molar-refractivity contribution in [2.45, 2.75) is 32.7 Å². The standard InChI is InChI=1S/C15H12ClF3O4/c1-7-10(15(17,18)19)5-4-8(11(7)16)6-9-12(20)22-14(2,3)23-13(9)21/h4-6H,1-3H3. The molecule has 1 aromatic rings. The van der Waals surface area contributed by atoms with Crippen LogP contribution in [-0.2, 0) is 25.2 Å². The van der Waals surface area contributed by atoms with E-state index in [1.165, 1.54) is 20.8 Å². The fraction of sp³-hybridized carbons (Fsp3) is 0.333. The Hall–Kier alpha value is -2.02. The summed E-state index contributed by atoms with van der Waals surface area (Å²) in [5.41, 5.74) is -1.45. The number of carbonyl (C=O) groups excluding carboxylic acids is 2. The van der Waals surface area contributed by atoms with Crippen LogP contribution in [-0.4, -0.2) is 17.7 Å². The van der Waals surface area contributed by atoms with Gasteiger partial charge in [0, 0.05) is 13.8 Å². The van der Waals surface area contributed by atoms with Crippen LogP contribution in [0.3, 0.4) is 0 Å². The van der Waals surface area contributed by atoms with Crippen molar-refractivity contribution in [1.82, 2.24) is 0 Å². The molecule has 4 nitrogen and oxygen atoms in total. The minimum atomic E-state index is -4.55. The Kier molecular flexibility index (Phi) is 4.19. The molecule has 0 unspecified atom stereocenters. The summed E-state index contributed by atoms with van der Waals surface area (Å²) in [6.45, 7) is 3.97. The number of esters is 2. The van der Waals surface area contributed by atoms with Crippen LogP contribution in [0.25, 0.3) is 6.08 Å². The Balaban J connectivity index is 2.46. The van der Waals surface area contributed by atoms with Crippen molar-refractivity contribution in [3.63, 3.8) is 0 Å². The van der Waals surface area contributed by atoms with Crippen molar-refractivity contribution in [3.8, 4) is 0 Å². The third-order valence-electron chi connectivity index (χ3n) is 3.14. The lowest BCUT2D eigenvalue weighted by Crippen LogP contribution is -2.41. The van der Waals surface area contributed by atoms with Gasteiger partial charge in [0.2, 0.25) is 0 Å². The van der Waals surface area contributed by atoms with Gasteiger partial charge in [-0.25, -0.2) is 9.59 Å². The van der Waals surface area contributed by atoms with Gasteiger partial charge in [0.05, 0.1) is 10.6 Å². The normalized spacial score (nSPS) is 17.6.